The molecule has 2 aromatic heterocycles. The fourth-order valence-electron chi connectivity index (χ4n) is 3.34. The third kappa shape index (κ3) is 4.57. The second kappa shape index (κ2) is 8.11. The zero-order chi connectivity index (χ0) is 17.6. The van der Waals surface area contributed by atoms with Gasteiger partial charge in [0.05, 0.1) is 18.8 Å². The zero-order valence-corrected chi connectivity index (χ0v) is 14.8. The van der Waals surface area contributed by atoms with Gasteiger partial charge in [0.1, 0.15) is 5.76 Å². The Kier molecular flexibility index (Phi) is 5.65. The molecule has 0 saturated carbocycles. The van der Waals surface area contributed by atoms with Crippen LogP contribution in [0.1, 0.15) is 31.6 Å². The normalized spacial score (nSPS) is 18.5. The van der Waals surface area contributed by atoms with Crippen LogP contribution in [0.4, 0.5) is 5.82 Å². The Morgan fingerprint density at radius 1 is 1.48 bits per heavy atom. The van der Waals surface area contributed by atoms with Crippen LogP contribution in [0.2, 0.25) is 0 Å². The maximum atomic E-state index is 12.3. The summed E-state index contributed by atoms with van der Waals surface area (Å²) in [5, 5.41) is 11.2. The third-order valence-electron chi connectivity index (χ3n) is 4.51. The number of nitrogens with one attached hydrogen (secondary N) is 1. The summed E-state index contributed by atoms with van der Waals surface area (Å²) in [7, 11) is 1.98. The van der Waals surface area contributed by atoms with Gasteiger partial charge < -0.3 is 14.6 Å². The SMILES string of the molecule is C[C@@H](NC(=O)CN(C)C[C@H]1CCCN1c1cccnn1)c1ccco1. The second-order valence-electron chi connectivity index (χ2n) is 6.57. The summed E-state index contributed by atoms with van der Waals surface area (Å²) < 4.78 is 5.32. The maximum absolute atomic E-state index is 12.3. The zero-order valence-electron chi connectivity index (χ0n) is 14.8. The first-order valence-corrected chi connectivity index (χ1v) is 8.69. The number of hydrogen-bond donors (Lipinski definition) is 1. The average molecular weight is 343 g/mol. The molecule has 1 fully saturated rings. The molecular formula is C18H25N5O2. The standard InChI is InChI=1S/C18H25N5O2/c1-14(16-7-5-11-25-16)20-18(24)13-22(2)12-15-6-4-10-23(15)17-8-3-9-19-21-17/h3,5,7-9,11,14-15H,4,6,10,12-13H2,1-2H3,(H,20,24)/t14-,15-/m1/s1. The van der Waals surface area contributed by atoms with Crippen molar-refractivity contribution < 1.29 is 9.21 Å². The van der Waals surface area contributed by atoms with Crippen LogP contribution in [0.3, 0.4) is 0 Å². The number of anilines is 1. The molecule has 0 aromatic carbocycles. The fourth-order valence-corrected chi connectivity index (χ4v) is 3.34. The Morgan fingerprint density at radius 3 is 3.08 bits per heavy atom. The molecule has 0 unspecified atom stereocenters. The van der Waals surface area contributed by atoms with Gasteiger partial charge in [-0.25, -0.2) is 0 Å². The van der Waals surface area contributed by atoms with Gasteiger partial charge in [-0.2, -0.15) is 5.10 Å². The fraction of sp³-hybridized carbons (Fsp3) is 0.500. The molecule has 0 bridgehead atoms. The Labute approximate surface area is 148 Å². The van der Waals surface area contributed by atoms with E-state index in [1.54, 1.807) is 12.5 Å². The largest absolute Gasteiger partial charge is 0.467 e. The highest BCUT2D eigenvalue weighted by Gasteiger charge is 2.27. The van der Waals surface area contributed by atoms with E-state index in [1.807, 2.05) is 38.2 Å². The summed E-state index contributed by atoms with van der Waals surface area (Å²) in [5.74, 6) is 1.67. The number of amides is 1. The van der Waals surface area contributed by atoms with Crippen LogP contribution in [-0.4, -0.2) is 53.7 Å². The van der Waals surface area contributed by atoms with Gasteiger partial charge in [-0.05, 0) is 51.1 Å². The number of likely N-dealkylation sites (N-methyl/N-ethyl adjacent to an activating group) is 1. The van der Waals surface area contributed by atoms with E-state index in [-0.39, 0.29) is 11.9 Å². The molecule has 1 amide bonds. The Bertz CT molecular complexity index is 661. The molecule has 7 heteroatoms. The number of rotatable bonds is 7. The molecule has 3 heterocycles. The summed E-state index contributed by atoms with van der Waals surface area (Å²) in [6.07, 6.45) is 5.54. The summed E-state index contributed by atoms with van der Waals surface area (Å²) in [4.78, 5) is 16.6. The first-order valence-electron chi connectivity index (χ1n) is 8.69. The molecule has 1 aliphatic heterocycles. The quantitative estimate of drug-likeness (QED) is 0.827. The molecule has 0 radical (unpaired) electrons. The van der Waals surface area contributed by atoms with Crippen LogP contribution in [0.25, 0.3) is 0 Å². The lowest BCUT2D eigenvalue weighted by Crippen LogP contribution is -2.43. The van der Waals surface area contributed by atoms with Crippen molar-refractivity contribution in [2.75, 3.05) is 31.6 Å². The smallest absolute Gasteiger partial charge is 0.234 e. The molecule has 25 heavy (non-hydrogen) atoms. The van der Waals surface area contributed by atoms with E-state index in [0.717, 1.165) is 37.5 Å². The van der Waals surface area contributed by atoms with Crippen LogP contribution >= 0.6 is 0 Å². The van der Waals surface area contributed by atoms with Crippen LogP contribution in [-0.2, 0) is 4.79 Å². The lowest BCUT2D eigenvalue weighted by molar-refractivity contribution is -0.122. The summed E-state index contributed by atoms with van der Waals surface area (Å²) in [6, 6.07) is 7.82. The molecule has 2 aromatic rings. The minimum absolute atomic E-state index is 0.00421. The molecular weight excluding hydrogens is 318 g/mol. The maximum Gasteiger partial charge on any atom is 0.234 e. The molecule has 3 rings (SSSR count). The molecule has 1 aliphatic rings. The Hall–Kier alpha value is -2.41. The molecule has 134 valence electrons. The topological polar surface area (TPSA) is 74.5 Å². The van der Waals surface area contributed by atoms with E-state index < -0.39 is 0 Å². The number of aromatic nitrogens is 2. The lowest BCUT2D eigenvalue weighted by atomic mass is 10.2. The molecule has 0 spiro atoms. The van der Waals surface area contributed by atoms with Gasteiger partial charge in [-0.1, -0.05) is 0 Å². The number of furan rings is 1. The minimum Gasteiger partial charge on any atom is -0.467 e. The van der Waals surface area contributed by atoms with Gasteiger partial charge in [0.25, 0.3) is 0 Å². The predicted octanol–water partition coefficient (Wildman–Crippen LogP) is 1.85. The predicted molar refractivity (Wildman–Crippen MR) is 95.2 cm³/mol. The summed E-state index contributed by atoms with van der Waals surface area (Å²) >= 11 is 0. The van der Waals surface area contributed by atoms with E-state index in [1.165, 1.54) is 0 Å². The van der Waals surface area contributed by atoms with E-state index in [0.29, 0.717) is 12.6 Å². The molecule has 1 saturated heterocycles. The summed E-state index contributed by atoms with van der Waals surface area (Å²) in [5.41, 5.74) is 0. The number of carbonyl (C=O) groups excluding carboxylic acids is 1. The van der Waals surface area contributed by atoms with Crippen molar-refractivity contribution in [3.05, 3.63) is 42.5 Å². The van der Waals surface area contributed by atoms with E-state index in [2.05, 4.69) is 25.3 Å². The van der Waals surface area contributed by atoms with Crippen molar-refractivity contribution in [2.45, 2.75) is 31.8 Å². The number of hydrogen-bond acceptors (Lipinski definition) is 6. The molecule has 2 atom stereocenters. The van der Waals surface area contributed by atoms with Crippen molar-refractivity contribution in [3.63, 3.8) is 0 Å². The van der Waals surface area contributed by atoms with Gasteiger partial charge in [-0.15, -0.1) is 5.10 Å². The first kappa shape index (κ1) is 17.4. The van der Waals surface area contributed by atoms with Crippen LogP contribution in [0, 0.1) is 0 Å². The van der Waals surface area contributed by atoms with E-state index in [4.69, 9.17) is 4.42 Å². The highest BCUT2D eigenvalue weighted by molar-refractivity contribution is 5.78. The third-order valence-corrected chi connectivity index (χ3v) is 4.51. The van der Waals surface area contributed by atoms with Crippen molar-refractivity contribution in [3.8, 4) is 0 Å². The number of nitrogens with zero attached hydrogens (tertiary/aromatic N) is 4. The van der Waals surface area contributed by atoms with Gasteiger partial charge in [-0.3, -0.25) is 9.69 Å². The van der Waals surface area contributed by atoms with Crippen molar-refractivity contribution >= 4 is 11.7 Å². The van der Waals surface area contributed by atoms with Gasteiger partial charge in [0, 0.05) is 25.3 Å². The average Bonchev–Trinajstić information content (AvgIpc) is 3.27. The van der Waals surface area contributed by atoms with Crippen molar-refractivity contribution in [2.24, 2.45) is 0 Å². The minimum atomic E-state index is -0.126. The van der Waals surface area contributed by atoms with Gasteiger partial charge >= 0.3 is 0 Å². The van der Waals surface area contributed by atoms with Crippen molar-refractivity contribution in [1.29, 1.82) is 0 Å². The van der Waals surface area contributed by atoms with Gasteiger partial charge in [0.2, 0.25) is 5.91 Å². The van der Waals surface area contributed by atoms with Gasteiger partial charge in [0.15, 0.2) is 5.82 Å². The van der Waals surface area contributed by atoms with E-state index >= 15 is 0 Å². The molecule has 0 aliphatic carbocycles. The Balaban J connectivity index is 1.50. The molecule has 7 nitrogen and oxygen atoms in total. The highest BCUT2D eigenvalue weighted by Crippen LogP contribution is 2.23. The van der Waals surface area contributed by atoms with Crippen molar-refractivity contribution in [1.82, 2.24) is 20.4 Å². The van der Waals surface area contributed by atoms with Crippen LogP contribution in [0.5, 0.6) is 0 Å². The molecule has 1 N–H and O–H groups in total. The second-order valence-corrected chi connectivity index (χ2v) is 6.57. The number of carbonyl (C=O) groups is 1. The monoisotopic (exact) mass is 343 g/mol. The highest BCUT2D eigenvalue weighted by atomic mass is 16.3. The van der Waals surface area contributed by atoms with E-state index in [9.17, 15) is 4.79 Å². The first-order chi connectivity index (χ1) is 12.1. The summed E-state index contributed by atoms with van der Waals surface area (Å²) in [6.45, 7) is 4.08. The Morgan fingerprint density at radius 2 is 2.36 bits per heavy atom. The lowest BCUT2D eigenvalue weighted by Gasteiger charge is -2.29. The van der Waals surface area contributed by atoms with Crippen LogP contribution < -0.4 is 10.2 Å². The van der Waals surface area contributed by atoms with Crippen LogP contribution in [0.15, 0.2) is 41.1 Å².